The van der Waals surface area contributed by atoms with Crippen LogP contribution in [0.2, 0.25) is 0 Å². The molecule has 0 amide bonds. The number of anilines is 1. The van der Waals surface area contributed by atoms with E-state index < -0.39 is 0 Å². The minimum atomic E-state index is 0.732. The fourth-order valence-corrected chi connectivity index (χ4v) is 3.31. The Morgan fingerprint density at radius 2 is 1.62 bits per heavy atom. The summed E-state index contributed by atoms with van der Waals surface area (Å²) in [4.78, 5) is 0. The van der Waals surface area contributed by atoms with Crippen molar-refractivity contribution < 1.29 is 4.74 Å². The molecule has 4 heteroatoms. The Kier molecular flexibility index (Phi) is 8.89. The van der Waals surface area contributed by atoms with Gasteiger partial charge in [0.15, 0.2) is 0 Å². The molecule has 0 unspecified atom stereocenters. The van der Waals surface area contributed by atoms with Crippen molar-refractivity contribution in [3.63, 3.8) is 0 Å². The maximum atomic E-state index is 5.28. The van der Waals surface area contributed by atoms with Crippen LogP contribution in [-0.4, -0.2) is 13.7 Å². The van der Waals surface area contributed by atoms with Gasteiger partial charge in [0.05, 0.1) is 18.4 Å². The smallest absolute Gasteiger partial charge is 0.118 e. The lowest BCUT2D eigenvalue weighted by Crippen LogP contribution is -2.13. The highest BCUT2D eigenvalue weighted by Gasteiger charge is 2.06. The number of para-hydroxylation sites is 1. The Morgan fingerprint density at radius 1 is 0.875 bits per heavy atom. The van der Waals surface area contributed by atoms with E-state index in [-0.39, 0.29) is 0 Å². The van der Waals surface area contributed by atoms with Crippen LogP contribution in [0, 0.1) is 11.8 Å². The molecule has 0 aliphatic carbocycles. The molecule has 0 fully saturated rings. The van der Waals surface area contributed by atoms with Gasteiger partial charge in [0.1, 0.15) is 11.4 Å². The fraction of sp³-hybridized carbons (Fsp3) is 0.286. The Bertz CT molecular complexity index is 1060. The molecule has 0 radical (unpaired) electrons. The van der Waals surface area contributed by atoms with Crippen molar-refractivity contribution in [2.45, 2.75) is 39.5 Å². The van der Waals surface area contributed by atoms with Gasteiger partial charge in [-0.25, -0.2) is 5.01 Å². The number of rotatable bonds is 9. The first-order valence-electron chi connectivity index (χ1n) is 11.3. The average Bonchev–Trinajstić information content (AvgIpc) is 2.85. The van der Waals surface area contributed by atoms with Crippen LogP contribution in [0.1, 0.15) is 45.1 Å². The number of hydrogen-bond donors (Lipinski definition) is 0. The molecule has 32 heavy (non-hydrogen) atoms. The van der Waals surface area contributed by atoms with Gasteiger partial charge in [0.2, 0.25) is 0 Å². The first-order valence-corrected chi connectivity index (χ1v) is 11.3. The second-order valence-electron chi connectivity index (χ2n) is 7.46. The Hall–Kier alpha value is -3.58. The highest BCUT2D eigenvalue weighted by Crippen LogP contribution is 2.29. The summed E-state index contributed by atoms with van der Waals surface area (Å²) >= 11 is 0. The summed E-state index contributed by atoms with van der Waals surface area (Å²) in [6, 6.07) is 24.3. The Labute approximate surface area is 191 Å². The average molecular weight is 426 g/mol. The van der Waals surface area contributed by atoms with Crippen LogP contribution >= 0.6 is 0 Å². The molecule has 0 heterocycles. The van der Waals surface area contributed by atoms with Crippen LogP contribution < -0.4 is 9.75 Å². The van der Waals surface area contributed by atoms with Crippen LogP contribution in [0.4, 0.5) is 11.4 Å². The minimum absolute atomic E-state index is 0.732. The van der Waals surface area contributed by atoms with Gasteiger partial charge in [-0.1, -0.05) is 73.2 Å². The predicted octanol–water partition coefficient (Wildman–Crippen LogP) is 7.82. The Balaban J connectivity index is 1.90. The minimum Gasteiger partial charge on any atom is -0.497 e. The predicted molar refractivity (Wildman–Crippen MR) is 133 cm³/mol. The maximum absolute atomic E-state index is 5.28. The number of unbranched alkanes of at least 4 members (excludes halogenated alkanes) is 3. The standard InChI is InChI=1S/C28H31N3O/c1-4-6-7-8-10-13-25-22-24(23-16-19-27(32-3)20-17-23)18-21-28(25)29-30-31(5-2)26-14-11-9-12-15-26/h9,11-12,14-22H,4-8H2,1-3H3. The van der Waals surface area contributed by atoms with Crippen molar-refractivity contribution in [1.29, 1.82) is 0 Å². The quantitative estimate of drug-likeness (QED) is 0.152. The van der Waals surface area contributed by atoms with Crippen LogP contribution in [0.3, 0.4) is 0 Å². The van der Waals surface area contributed by atoms with E-state index in [2.05, 4.69) is 60.3 Å². The van der Waals surface area contributed by atoms with E-state index in [9.17, 15) is 0 Å². The molecule has 164 valence electrons. The maximum Gasteiger partial charge on any atom is 0.118 e. The molecule has 3 aromatic rings. The van der Waals surface area contributed by atoms with E-state index in [4.69, 9.17) is 4.74 Å². The summed E-state index contributed by atoms with van der Waals surface area (Å²) in [7, 11) is 1.68. The number of nitrogens with zero attached hydrogens (tertiary/aromatic N) is 3. The van der Waals surface area contributed by atoms with Gasteiger partial charge in [-0.05, 0) is 60.9 Å². The molecule has 0 saturated heterocycles. The monoisotopic (exact) mass is 425 g/mol. The van der Waals surface area contributed by atoms with Crippen molar-refractivity contribution >= 4 is 11.4 Å². The fourth-order valence-electron chi connectivity index (χ4n) is 3.31. The van der Waals surface area contributed by atoms with E-state index in [1.165, 1.54) is 12.8 Å². The van der Waals surface area contributed by atoms with E-state index in [0.717, 1.165) is 53.2 Å². The van der Waals surface area contributed by atoms with Crippen molar-refractivity contribution in [2.75, 3.05) is 18.7 Å². The number of hydrogen-bond acceptors (Lipinski definition) is 3. The largest absolute Gasteiger partial charge is 0.497 e. The molecule has 0 aliphatic heterocycles. The van der Waals surface area contributed by atoms with Gasteiger partial charge in [-0.2, -0.15) is 0 Å². The van der Waals surface area contributed by atoms with Crippen molar-refractivity contribution in [2.24, 2.45) is 10.3 Å². The van der Waals surface area contributed by atoms with E-state index in [1.54, 1.807) is 7.11 Å². The highest BCUT2D eigenvalue weighted by molar-refractivity contribution is 5.70. The molecule has 0 N–H and O–H groups in total. The zero-order valence-electron chi connectivity index (χ0n) is 19.2. The molecule has 0 spiro atoms. The topological polar surface area (TPSA) is 37.2 Å². The molecule has 0 atom stereocenters. The second-order valence-corrected chi connectivity index (χ2v) is 7.46. The van der Waals surface area contributed by atoms with Gasteiger partial charge < -0.3 is 4.74 Å². The summed E-state index contributed by atoms with van der Waals surface area (Å²) in [5.41, 5.74) is 4.89. The first-order chi connectivity index (χ1) is 15.7. The molecule has 0 saturated carbocycles. The summed E-state index contributed by atoms with van der Waals surface area (Å²) in [6.45, 7) is 5.00. The molecule has 0 bridgehead atoms. The summed E-state index contributed by atoms with van der Waals surface area (Å²) in [6.07, 6.45) is 4.41. The van der Waals surface area contributed by atoms with Crippen molar-refractivity contribution in [3.05, 3.63) is 78.4 Å². The van der Waals surface area contributed by atoms with Crippen LogP contribution in [-0.2, 0) is 0 Å². The third kappa shape index (κ3) is 6.46. The lowest BCUT2D eigenvalue weighted by Gasteiger charge is -2.15. The number of methoxy groups -OCH3 is 1. The van der Waals surface area contributed by atoms with Crippen LogP contribution in [0.5, 0.6) is 5.75 Å². The Morgan fingerprint density at radius 3 is 2.31 bits per heavy atom. The molecule has 4 nitrogen and oxygen atoms in total. The molecular weight excluding hydrogens is 394 g/mol. The number of benzene rings is 3. The second kappa shape index (κ2) is 12.3. The lowest BCUT2D eigenvalue weighted by molar-refractivity contribution is 0.415. The molecular formula is C28H31N3O. The van der Waals surface area contributed by atoms with Crippen LogP contribution in [0.25, 0.3) is 11.1 Å². The van der Waals surface area contributed by atoms with Crippen LogP contribution in [0.15, 0.2) is 83.1 Å². The van der Waals surface area contributed by atoms with E-state index in [1.807, 2.05) is 53.5 Å². The zero-order chi connectivity index (χ0) is 22.6. The SMILES string of the molecule is CCCCCC#Cc1cc(-c2ccc(OC)cc2)ccc1N=NN(CC)c1ccccc1. The van der Waals surface area contributed by atoms with Gasteiger partial charge >= 0.3 is 0 Å². The zero-order valence-corrected chi connectivity index (χ0v) is 19.2. The van der Waals surface area contributed by atoms with Crippen molar-refractivity contribution in [1.82, 2.24) is 0 Å². The molecule has 3 rings (SSSR count). The third-order valence-corrected chi connectivity index (χ3v) is 5.16. The van der Waals surface area contributed by atoms with E-state index in [0.29, 0.717) is 0 Å². The normalized spacial score (nSPS) is 10.6. The van der Waals surface area contributed by atoms with Gasteiger partial charge in [-0.15, -0.1) is 5.11 Å². The van der Waals surface area contributed by atoms with Gasteiger partial charge in [-0.3, -0.25) is 0 Å². The summed E-state index contributed by atoms with van der Waals surface area (Å²) in [5.74, 6) is 7.50. The number of ether oxygens (including phenoxy) is 1. The van der Waals surface area contributed by atoms with E-state index >= 15 is 0 Å². The van der Waals surface area contributed by atoms with Gasteiger partial charge in [0.25, 0.3) is 0 Å². The highest BCUT2D eigenvalue weighted by atomic mass is 16.5. The first kappa shape index (κ1) is 23.1. The lowest BCUT2D eigenvalue weighted by atomic mass is 10.0. The van der Waals surface area contributed by atoms with Gasteiger partial charge in [0, 0.05) is 13.0 Å². The molecule has 0 aliphatic rings. The molecule has 3 aromatic carbocycles. The third-order valence-electron chi connectivity index (χ3n) is 5.16. The summed E-state index contributed by atoms with van der Waals surface area (Å²) in [5, 5.41) is 10.9. The van der Waals surface area contributed by atoms with Crippen molar-refractivity contribution in [3.8, 4) is 28.7 Å². The molecule has 0 aromatic heterocycles. The summed E-state index contributed by atoms with van der Waals surface area (Å²) < 4.78 is 5.28.